The van der Waals surface area contributed by atoms with Crippen LogP contribution in [-0.2, 0) is 25.1 Å². The molecule has 0 saturated heterocycles. The van der Waals surface area contributed by atoms with Crippen LogP contribution in [0.2, 0.25) is 10.0 Å². The number of carboxylic acids is 2. The first-order valence-corrected chi connectivity index (χ1v) is 18.7. The normalized spacial score (nSPS) is 11.9. The number of aromatic nitrogens is 3. The fourth-order valence-electron chi connectivity index (χ4n) is 3.27. The van der Waals surface area contributed by atoms with Crippen molar-refractivity contribution in [2.24, 2.45) is 0 Å². The summed E-state index contributed by atoms with van der Waals surface area (Å²) in [6.45, 7) is 9.75. The molecular weight excluding hydrogens is 795 g/mol. The van der Waals surface area contributed by atoms with Crippen molar-refractivity contribution in [1.29, 1.82) is 0 Å². The molecule has 1 heterocycles. The molecule has 0 aliphatic carbocycles. The molecule has 294 valence electrons. The molecule has 0 unspecified atom stereocenters. The van der Waals surface area contributed by atoms with E-state index in [-0.39, 0.29) is 32.6 Å². The summed E-state index contributed by atoms with van der Waals surface area (Å²) in [5.41, 5.74) is -1.17. The zero-order chi connectivity index (χ0) is 40.7. The van der Waals surface area contributed by atoms with E-state index >= 15 is 0 Å². The fourth-order valence-corrected chi connectivity index (χ4v) is 4.44. The number of thioether (sulfide) groups is 1. The molecule has 0 bridgehead atoms. The Balaban J connectivity index is 0.000000455. The number of nitrogens with zero attached hydrogens (tertiary/aromatic N) is 3. The lowest BCUT2D eigenvalue weighted by Crippen LogP contribution is -2.27. The lowest BCUT2D eigenvalue weighted by Gasteiger charge is -2.20. The summed E-state index contributed by atoms with van der Waals surface area (Å²) in [4.78, 5) is 61.8. The maximum atomic E-state index is 12.7. The second kappa shape index (κ2) is 21.1. The van der Waals surface area contributed by atoms with Crippen molar-refractivity contribution in [1.82, 2.24) is 20.3 Å². The van der Waals surface area contributed by atoms with Gasteiger partial charge in [0.1, 0.15) is 11.5 Å². The number of alkyl halides is 3. The van der Waals surface area contributed by atoms with Gasteiger partial charge in [0.15, 0.2) is 11.3 Å². The van der Waals surface area contributed by atoms with E-state index in [0.29, 0.717) is 18.0 Å². The number of carboxylic acid groups (broad SMARTS) is 2. The van der Waals surface area contributed by atoms with Gasteiger partial charge in [0.25, 0.3) is 0 Å². The second-order valence-corrected chi connectivity index (χ2v) is 14.5. The van der Waals surface area contributed by atoms with Gasteiger partial charge in [-0.25, -0.2) is 9.59 Å². The van der Waals surface area contributed by atoms with Crippen LogP contribution in [0.15, 0.2) is 41.6 Å². The number of halogens is 5. The third-order valence-corrected chi connectivity index (χ3v) is 7.30. The van der Waals surface area contributed by atoms with E-state index in [9.17, 15) is 32.1 Å². The maximum absolute atomic E-state index is 12.7. The molecule has 0 saturated carbocycles. The highest BCUT2D eigenvalue weighted by Gasteiger charge is 2.31. The predicted molar refractivity (Wildman–Crippen MR) is 192 cm³/mol. The Morgan fingerprint density at radius 1 is 0.981 bits per heavy atom. The number of hydrogen-bond donors (Lipinski definition) is 7. The van der Waals surface area contributed by atoms with Gasteiger partial charge < -0.3 is 40.1 Å². The number of nitrogens with one attached hydrogen (secondary N) is 3. The van der Waals surface area contributed by atoms with Crippen molar-refractivity contribution in [3.63, 3.8) is 0 Å². The van der Waals surface area contributed by atoms with E-state index in [1.54, 1.807) is 0 Å². The summed E-state index contributed by atoms with van der Waals surface area (Å²) >= 11 is 13.2. The van der Waals surface area contributed by atoms with Crippen LogP contribution in [-0.4, -0.2) is 90.1 Å². The standard InChI is InChI=1S/C17H11Cl2F3O5.C10H19N5S.C3H8NO5P/c1-8(15(23)24)26-16(25)11-7-10(3-4-12(11)18)27-14-5-2-9(6-13(14)19)17(20,21)22;1-6-11-7-12-8(15-10(2,3)4)14-9(13-7)16-5;5-3(6)1-4-2-10(7,8)9/h2-8H,1H3,(H,23,24);6H2,1-5H3,(H2,11,12,13,14,15);4H,1-2H2,(H,5,6)(H2,7,8,9)/t8-;;/m0../s1. The van der Waals surface area contributed by atoms with Crippen LogP contribution in [0.1, 0.15) is 50.5 Å². The van der Waals surface area contributed by atoms with Crippen LogP contribution in [0.3, 0.4) is 0 Å². The van der Waals surface area contributed by atoms with Crippen molar-refractivity contribution in [3.8, 4) is 11.5 Å². The largest absolute Gasteiger partial charge is 0.480 e. The van der Waals surface area contributed by atoms with Crippen molar-refractivity contribution < 1.29 is 61.6 Å². The molecule has 0 radical (unpaired) electrons. The molecule has 0 amide bonds. The third kappa shape index (κ3) is 19.1. The smallest absolute Gasteiger partial charge is 0.416 e. The van der Waals surface area contributed by atoms with Gasteiger partial charge in [-0.05, 0) is 77.3 Å². The van der Waals surface area contributed by atoms with Gasteiger partial charge in [-0.2, -0.15) is 28.1 Å². The quantitative estimate of drug-likeness (QED) is 0.0555. The number of carbonyl (C=O) groups excluding carboxylic acids is 1. The van der Waals surface area contributed by atoms with Crippen LogP contribution in [0, 0.1) is 0 Å². The molecule has 0 aliphatic rings. The summed E-state index contributed by atoms with van der Waals surface area (Å²) in [5, 5.41) is 25.6. The molecule has 16 nitrogen and oxygen atoms in total. The molecule has 1 aromatic heterocycles. The first-order valence-electron chi connectivity index (χ1n) is 14.9. The number of carbonyl (C=O) groups is 3. The van der Waals surface area contributed by atoms with E-state index in [1.807, 2.05) is 13.2 Å². The van der Waals surface area contributed by atoms with Gasteiger partial charge in [0, 0.05) is 12.1 Å². The van der Waals surface area contributed by atoms with Crippen LogP contribution in [0.25, 0.3) is 0 Å². The minimum atomic E-state index is -4.56. The van der Waals surface area contributed by atoms with Gasteiger partial charge in [-0.15, -0.1) is 0 Å². The Morgan fingerprint density at radius 2 is 1.60 bits per heavy atom. The SMILES string of the molecule is CCNc1nc(NC(C)(C)C)nc(SC)n1.C[C@H](OC(=O)c1cc(Oc2ccc(C(F)(F)F)cc2Cl)ccc1Cl)C(=O)O.O=C(O)CNCP(=O)(O)O. The van der Waals surface area contributed by atoms with Crippen molar-refractivity contribution >= 4 is 72.4 Å². The lowest BCUT2D eigenvalue weighted by molar-refractivity contribution is -0.146. The van der Waals surface area contributed by atoms with Crippen LogP contribution >= 0.6 is 42.6 Å². The molecule has 1 atom stereocenters. The Kier molecular flexibility index (Phi) is 18.8. The maximum Gasteiger partial charge on any atom is 0.416 e. The van der Waals surface area contributed by atoms with Crippen molar-refractivity contribution in [2.75, 3.05) is 36.3 Å². The van der Waals surface area contributed by atoms with E-state index < -0.39 is 56.2 Å². The molecule has 2 aromatic carbocycles. The summed E-state index contributed by atoms with van der Waals surface area (Å²) in [7, 11) is -4.10. The average molecular weight is 834 g/mol. The summed E-state index contributed by atoms with van der Waals surface area (Å²) in [6, 6.07) is 6.33. The summed E-state index contributed by atoms with van der Waals surface area (Å²) < 4.78 is 58.2. The molecule has 7 N–H and O–H groups in total. The van der Waals surface area contributed by atoms with Crippen molar-refractivity contribution in [3.05, 3.63) is 57.6 Å². The topological polar surface area (TPSA) is 242 Å². The van der Waals surface area contributed by atoms with Gasteiger partial charge >= 0.3 is 31.7 Å². The van der Waals surface area contributed by atoms with E-state index in [0.717, 1.165) is 36.8 Å². The second-order valence-electron chi connectivity index (χ2n) is 11.3. The molecule has 3 rings (SSSR count). The Morgan fingerprint density at radius 3 is 2.09 bits per heavy atom. The fraction of sp³-hybridized carbons (Fsp3) is 0.400. The lowest BCUT2D eigenvalue weighted by atomic mass is 10.1. The van der Waals surface area contributed by atoms with Gasteiger partial charge in [0.2, 0.25) is 11.9 Å². The van der Waals surface area contributed by atoms with Gasteiger partial charge in [-0.3, -0.25) is 14.7 Å². The number of aliphatic carboxylic acids is 2. The average Bonchev–Trinajstić information content (AvgIpc) is 3.01. The Labute approximate surface area is 316 Å². The van der Waals surface area contributed by atoms with Crippen LogP contribution in [0.5, 0.6) is 11.5 Å². The van der Waals surface area contributed by atoms with E-state index in [4.69, 9.17) is 52.7 Å². The minimum Gasteiger partial charge on any atom is -0.480 e. The number of hydrogen-bond acceptors (Lipinski definition) is 13. The Bertz CT molecular complexity index is 1770. The molecule has 0 fully saturated rings. The molecule has 0 spiro atoms. The number of anilines is 2. The summed E-state index contributed by atoms with van der Waals surface area (Å²) in [6.07, 6.45) is -4.60. The molecular formula is C30H38Cl2F3N6O10PS. The number of rotatable bonds is 13. The number of ether oxygens (including phenoxy) is 2. The third-order valence-electron chi connectivity index (χ3n) is 5.49. The first-order chi connectivity index (χ1) is 24.3. The van der Waals surface area contributed by atoms with Gasteiger partial charge in [-0.1, -0.05) is 35.0 Å². The first kappa shape index (κ1) is 47.1. The minimum absolute atomic E-state index is 0.0246. The predicted octanol–water partition coefficient (Wildman–Crippen LogP) is 6.47. The van der Waals surface area contributed by atoms with Crippen molar-refractivity contribution in [2.45, 2.75) is 57.6 Å². The molecule has 0 aliphatic heterocycles. The highest BCUT2D eigenvalue weighted by molar-refractivity contribution is 7.98. The highest BCUT2D eigenvalue weighted by atomic mass is 35.5. The number of esters is 1. The molecule has 23 heteroatoms. The highest BCUT2D eigenvalue weighted by Crippen LogP contribution is 2.37. The van der Waals surface area contributed by atoms with Crippen LogP contribution in [0.4, 0.5) is 25.1 Å². The number of benzene rings is 2. The Hall–Kier alpha value is -3.91. The monoisotopic (exact) mass is 832 g/mol. The van der Waals surface area contributed by atoms with E-state index in [2.05, 4.69) is 51.7 Å². The van der Waals surface area contributed by atoms with Gasteiger partial charge in [0.05, 0.1) is 34.0 Å². The molecule has 53 heavy (non-hydrogen) atoms. The molecule has 3 aromatic rings. The van der Waals surface area contributed by atoms with Crippen LogP contribution < -0.4 is 20.7 Å². The zero-order valence-electron chi connectivity index (χ0n) is 29.0. The summed E-state index contributed by atoms with van der Waals surface area (Å²) in [5.74, 6) is -2.30. The van der Waals surface area contributed by atoms with E-state index in [1.165, 1.54) is 23.9 Å². The zero-order valence-corrected chi connectivity index (χ0v) is 32.2.